The van der Waals surface area contributed by atoms with Crippen LogP contribution in [0.25, 0.3) is 11.5 Å². The molecule has 1 aliphatic rings. The largest absolute Gasteiger partial charge is 0.409 e. The minimum atomic E-state index is 0.358. The molecular weight excluding hydrogens is 372 g/mol. The quantitative estimate of drug-likeness (QED) is 0.636. The number of hydrogen-bond donors (Lipinski definition) is 0. The summed E-state index contributed by atoms with van der Waals surface area (Å²) >= 11 is 11.4. The SMILES string of the molecule is S=c1oc(-c2cccc(Cl)c2)nn1CN1CCN(c2cnccn2)CC1. The maximum Gasteiger partial charge on any atom is 0.288 e. The lowest BCUT2D eigenvalue weighted by Crippen LogP contribution is -2.47. The second kappa shape index (κ2) is 7.53. The smallest absolute Gasteiger partial charge is 0.288 e. The number of piperazine rings is 1. The van der Waals surface area contributed by atoms with E-state index in [0.717, 1.165) is 37.6 Å². The zero-order valence-electron chi connectivity index (χ0n) is 14.0. The van der Waals surface area contributed by atoms with Gasteiger partial charge in [0.1, 0.15) is 5.82 Å². The van der Waals surface area contributed by atoms with Crippen LogP contribution in [-0.2, 0) is 6.67 Å². The molecule has 0 N–H and O–H groups in total. The highest BCUT2D eigenvalue weighted by Gasteiger charge is 2.19. The van der Waals surface area contributed by atoms with Crippen molar-refractivity contribution in [2.75, 3.05) is 31.1 Å². The lowest BCUT2D eigenvalue weighted by Gasteiger charge is -2.34. The molecule has 134 valence electrons. The molecule has 3 aromatic rings. The van der Waals surface area contributed by atoms with Gasteiger partial charge in [0.15, 0.2) is 0 Å². The predicted molar refractivity (Wildman–Crippen MR) is 102 cm³/mol. The minimum Gasteiger partial charge on any atom is -0.409 e. The van der Waals surface area contributed by atoms with Crippen LogP contribution in [0.1, 0.15) is 0 Å². The zero-order chi connectivity index (χ0) is 17.9. The summed E-state index contributed by atoms with van der Waals surface area (Å²) in [5.41, 5.74) is 0.815. The maximum atomic E-state index is 6.04. The molecule has 0 saturated carbocycles. The molecule has 1 aromatic carbocycles. The summed E-state index contributed by atoms with van der Waals surface area (Å²) in [5.74, 6) is 1.39. The number of halogens is 1. The van der Waals surface area contributed by atoms with Gasteiger partial charge >= 0.3 is 0 Å². The molecule has 1 saturated heterocycles. The minimum absolute atomic E-state index is 0.358. The van der Waals surface area contributed by atoms with E-state index in [0.29, 0.717) is 22.4 Å². The number of hydrogen-bond acceptors (Lipinski definition) is 7. The molecule has 4 rings (SSSR count). The molecule has 0 bridgehead atoms. The first-order valence-corrected chi connectivity index (χ1v) is 9.05. The van der Waals surface area contributed by atoms with Gasteiger partial charge in [-0.05, 0) is 30.4 Å². The standard InChI is InChI=1S/C17H17ClN6OS/c18-14-3-1-2-13(10-14)16-21-24(17(26)25-16)12-22-6-8-23(9-7-22)15-11-19-4-5-20-15/h1-5,10-11H,6-9,12H2. The van der Waals surface area contributed by atoms with Crippen LogP contribution in [0.15, 0.2) is 47.3 Å². The van der Waals surface area contributed by atoms with E-state index in [2.05, 4.69) is 24.9 Å². The molecule has 0 aliphatic carbocycles. The Labute approximate surface area is 160 Å². The first kappa shape index (κ1) is 17.1. The average molecular weight is 389 g/mol. The van der Waals surface area contributed by atoms with Crippen LogP contribution in [0, 0.1) is 4.84 Å². The molecule has 1 aliphatic heterocycles. The summed E-state index contributed by atoms with van der Waals surface area (Å²) < 4.78 is 7.35. The van der Waals surface area contributed by atoms with Crippen molar-refractivity contribution in [3.63, 3.8) is 0 Å². The van der Waals surface area contributed by atoms with Crippen molar-refractivity contribution in [2.45, 2.75) is 6.67 Å². The maximum absolute atomic E-state index is 6.04. The molecule has 7 nitrogen and oxygen atoms in total. The third-order valence-electron chi connectivity index (χ3n) is 4.26. The third-order valence-corrected chi connectivity index (χ3v) is 4.79. The topological polar surface area (TPSA) is 63.2 Å². The van der Waals surface area contributed by atoms with Gasteiger partial charge in [-0.25, -0.2) is 9.67 Å². The predicted octanol–water partition coefficient (Wildman–Crippen LogP) is 3.10. The van der Waals surface area contributed by atoms with Gasteiger partial charge in [-0.1, -0.05) is 17.7 Å². The Morgan fingerprint density at radius 2 is 2.00 bits per heavy atom. The Bertz CT molecular complexity index is 936. The number of aromatic nitrogens is 4. The van der Waals surface area contributed by atoms with Crippen molar-refractivity contribution in [3.05, 3.63) is 52.7 Å². The Kier molecular flexibility index (Phi) is 4.96. The van der Waals surface area contributed by atoms with Crippen LogP contribution in [0.2, 0.25) is 5.02 Å². The lowest BCUT2D eigenvalue weighted by atomic mass is 10.2. The fourth-order valence-corrected chi connectivity index (χ4v) is 3.26. The normalized spacial score (nSPS) is 15.3. The van der Waals surface area contributed by atoms with Crippen LogP contribution in [-0.4, -0.2) is 50.8 Å². The van der Waals surface area contributed by atoms with Crippen molar-refractivity contribution in [2.24, 2.45) is 0 Å². The van der Waals surface area contributed by atoms with Gasteiger partial charge in [0.2, 0.25) is 5.89 Å². The second-order valence-electron chi connectivity index (χ2n) is 5.99. The second-order valence-corrected chi connectivity index (χ2v) is 6.78. The molecule has 26 heavy (non-hydrogen) atoms. The molecule has 0 spiro atoms. The van der Waals surface area contributed by atoms with Gasteiger partial charge in [0.25, 0.3) is 4.84 Å². The summed E-state index contributed by atoms with van der Waals surface area (Å²) in [6.07, 6.45) is 5.19. The number of nitrogens with zero attached hydrogens (tertiary/aromatic N) is 6. The van der Waals surface area contributed by atoms with Crippen LogP contribution in [0.5, 0.6) is 0 Å². The van der Waals surface area contributed by atoms with E-state index in [1.807, 2.05) is 24.3 Å². The summed E-state index contributed by atoms with van der Waals surface area (Å²) in [7, 11) is 0. The molecule has 0 atom stereocenters. The molecular formula is C17H17ClN6OS. The Morgan fingerprint density at radius 1 is 1.15 bits per heavy atom. The lowest BCUT2D eigenvalue weighted by molar-refractivity contribution is 0.192. The summed E-state index contributed by atoms with van der Waals surface area (Å²) in [6, 6.07) is 7.39. The van der Waals surface area contributed by atoms with Crippen molar-refractivity contribution >= 4 is 29.6 Å². The van der Waals surface area contributed by atoms with Crippen LogP contribution in [0.3, 0.4) is 0 Å². The highest BCUT2D eigenvalue weighted by Crippen LogP contribution is 2.21. The first-order valence-electron chi connectivity index (χ1n) is 8.26. The highest BCUT2D eigenvalue weighted by atomic mass is 35.5. The van der Waals surface area contributed by atoms with Crippen LogP contribution >= 0.6 is 23.8 Å². The molecule has 0 amide bonds. The van der Waals surface area contributed by atoms with Gasteiger partial charge in [0, 0.05) is 49.2 Å². The zero-order valence-corrected chi connectivity index (χ0v) is 15.5. The van der Waals surface area contributed by atoms with Gasteiger partial charge in [0.05, 0.1) is 12.9 Å². The fraction of sp³-hybridized carbons (Fsp3) is 0.294. The fourth-order valence-electron chi connectivity index (χ4n) is 2.90. The van der Waals surface area contributed by atoms with Gasteiger partial charge < -0.3 is 9.32 Å². The molecule has 0 unspecified atom stereocenters. The van der Waals surface area contributed by atoms with E-state index in [9.17, 15) is 0 Å². The van der Waals surface area contributed by atoms with Crippen molar-refractivity contribution in [1.82, 2.24) is 24.6 Å². The van der Waals surface area contributed by atoms with E-state index < -0.39 is 0 Å². The van der Waals surface area contributed by atoms with Crippen LogP contribution < -0.4 is 4.90 Å². The van der Waals surface area contributed by atoms with E-state index in [4.69, 9.17) is 28.2 Å². The highest BCUT2D eigenvalue weighted by molar-refractivity contribution is 7.71. The van der Waals surface area contributed by atoms with Crippen LogP contribution in [0.4, 0.5) is 5.82 Å². The van der Waals surface area contributed by atoms with Crippen molar-refractivity contribution in [3.8, 4) is 11.5 Å². The Balaban J connectivity index is 1.42. The number of anilines is 1. The summed E-state index contributed by atoms with van der Waals surface area (Å²) in [4.78, 5) is 13.4. The van der Waals surface area contributed by atoms with E-state index >= 15 is 0 Å². The number of benzene rings is 1. The summed E-state index contributed by atoms with van der Waals surface area (Å²) in [5, 5.41) is 5.14. The van der Waals surface area contributed by atoms with E-state index in [1.54, 1.807) is 23.3 Å². The van der Waals surface area contributed by atoms with Gasteiger partial charge in [-0.2, -0.15) is 0 Å². The molecule has 9 heteroatoms. The van der Waals surface area contributed by atoms with Crippen molar-refractivity contribution in [1.29, 1.82) is 0 Å². The van der Waals surface area contributed by atoms with Crippen molar-refractivity contribution < 1.29 is 4.42 Å². The van der Waals surface area contributed by atoms with Gasteiger partial charge in [-0.3, -0.25) is 9.88 Å². The molecule has 3 heterocycles. The molecule has 0 radical (unpaired) electrons. The first-order chi connectivity index (χ1) is 12.7. The summed E-state index contributed by atoms with van der Waals surface area (Å²) in [6.45, 7) is 4.13. The molecule has 2 aromatic heterocycles. The monoisotopic (exact) mass is 388 g/mol. The Hall–Kier alpha value is -2.29. The Morgan fingerprint density at radius 3 is 2.73 bits per heavy atom. The van der Waals surface area contributed by atoms with E-state index in [1.165, 1.54) is 0 Å². The molecule has 1 fully saturated rings. The average Bonchev–Trinajstić information content (AvgIpc) is 3.04. The van der Waals surface area contributed by atoms with Gasteiger partial charge in [-0.15, -0.1) is 5.10 Å². The number of rotatable bonds is 4. The van der Waals surface area contributed by atoms with E-state index in [-0.39, 0.29) is 0 Å². The third kappa shape index (κ3) is 3.77.